The molecule has 0 bridgehead atoms. The van der Waals surface area contributed by atoms with Crippen molar-refractivity contribution >= 4 is 45.8 Å². The summed E-state index contributed by atoms with van der Waals surface area (Å²) in [5.41, 5.74) is 1.62. The quantitative estimate of drug-likeness (QED) is 0.568. The van der Waals surface area contributed by atoms with E-state index in [0.29, 0.717) is 34.2 Å². The van der Waals surface area contributed by atoms with Gasteiger partial charge in [-0.15, -0.1) is 0 Å². The second kappa shape index (κ2) is 9.00. The molecule has 2 amide bonds. The van der Waals surface area contributed by atoms with E-state index in [1.165, 1.54) is 19.1 Å². The highest BCUT2D eigenvalue weighted by molar-refractivity contribution is 6.31. The van der Waals surface area contributed by atoms with Gasteiger partial charge in [0.15, 0.2) is 6.10 Å². The Labute approximate surface area is 178 Å². The van der Waals surface area contributed by atoms with Crippen molar-refractivity contribution in [2.75, 3.05) is 10.6 Å². The van der Waals surface area contributed by atoms with Gasteiger partial charge in [0.2, 0.25) is 5.91 Å². The van der Waals surface area contributed by atoms with E-state index in [4.69, 9.17) is 20.8 Å². The van der Waals surface area contributed by atoms with E-state index in [2.05, 4.69) is 10.6 Å². The number of rotatable bonds is 6. The minimum absolute atomic E-state index is 0.277. The molecule has 2 N–H and O–H groups in total. The molecule has 0 aliphatic heterocycles. The zero-order valence-corrected chi connectivity index (χ0v) is 17.5. The van der Waals surface area contributed by atoms with Crippen molar-refractivity contribution in [3.8, 4) is 5.75 Å². The van der Waals surface area contributed by atoms with Gasteiger partial charge in [-0.1, -0.05) is 18.5 Å². The Morgan fingerprint density at radius 2 is 1.87 bits per heavy atom. The fourth-order valence-electron chi connectivity index (χ4n) is 2.99. The van der Waals surface area contributed by atoms with Gasteiger partial charge in [0, 0.05) is 29.5 Å². The van der Waals surface area contributed by atoms with Crippen LogP contribution in [-0.4, -0.2) is 17.9 Å². The summed E-state index contributed by atoms with van der Waals surface area (Å²) in [5, 5.41) is 6.57. The number of hydrogen-bond donors (Lipinski definition) is 2. The number of ether oxygens (including phenoxy) is 1. The highest BCUT2D eigenvalue weighted by Gasteiger charge is 2.18. The van der Waals surface area contributed by atoms with Crippen LogP contribution in [0.1, 0.15) is 26.3 Å². The molecule has 156 valence electrons. The number of aryl methyl sites for hydroxylation is 1. The van der Waals surface area contributed by atoms with Gasteiger partial charge in [0.25, 0.3) is 5.91 Å². The molecule has 0 radical (unpaired) electrons. The number of halogens is 1. The maximum absolute atomic E-state index is 12.6. The molecule has 3 rings (SSSR count). The summed E-state index contributed by atoms with van der Waals surface area (Å²) in [6, 6.07) is 11.3. The molecule has 30 heavy (non-hydrogen) atoms. The number of hydrogen-bond acceptors (Lipinski definition) is 5. The zero-order chi connectivity index (χ0) is 21.8. The van der Waals surface area contributed by atoms with Crippen LogP contribution >= 0.6 is 11.6 Å². The summed E-state index contributed by atoms with van der Waals surface area (Å²) in [6.45, 7) is 4.91. The summed E-state index contributed by atoms with van der Waals surface area (Å²) in [7, 11) is 0. The van der Waals surface area contributed by atoms with E-state index in [0.717, 1.165) is 10.9 Å². The summed E-state index contributed by atoms with van der Waals surface area (Å²) >= 11 is 6.01. The van der Waals surface area contributed by atoms with Gasteiger partial charge in [0.1, 0.15) is 11.3 Å². The predicted octanol–water partition coefficient (Wildman–Crippen LogP) is 4.37. The van der Waals surface area contributed by atoms with Crippen molar-refractivity contribution in [1.82, 2.24) is 0 Å². The molecule has 0 saturated heterocycles. The number of nitrogens with one attached hydrogen (secondary N) is 2. The zero-order valence-electron chi connectivity index (χ0n) is 16.7. The van der Waals surface area contributed by atoms with Crippen molar-refractivity contribution in [2.24, 2.45) is 0 Å². The molecule has 7 nitrogen and oxygen atoms in total. The Morgan fingerprint density at radius 3 is 2.57 bits per heavy atom. The molecule has 0 aliphatic rings. The highest BCUT2D eigenvalue weighted by atomic mass is 35.5. The van der Waals surface area contributed by atoms with E-state index in [-0.39, 0.29) is 5.91 Å². The third kappa shape index (κ3) is 4.99. The Morgan fingerprint density at radius 1 is 1.10 bits per heavy atom. The summed E-state index contributed by atoms with van der Waals surface area (Å²) in [4.78, 5) is 35.7. The van der Waals surface area contributed by atoms with Gasteiger partial charge in [-0.3, -0.25) is 9.59 Å². The van der Waals surface area contributed by atoms with Crippen LogP contribution in [0.15, 0.2) is 51.7 Å². The summed E-state index contributed by atoms with van der Waals surface area (Å²) in [6.07, 6.45) is -0.176. The van der Waals surface area contributed by atoms with Crippen LogP contribution in [0.3, 0.4) is 0 Å². The molecule has 2 aromatic carbocycles. The molecule has 1 atom stereocenters. The molecule has 0 saturated carbocycles. The van der Waals surface area contributed by atoms with Crippen LogP contribution < -0.4 is 21.0 Å². The minimum atomic E-state index is -0.868. The van der Waals surface area contributed by atoms with Gasteiger partial charge >= 0.3 is 5.63 Å². The Balaban J connectivity index is 1.79. The number of carbonyl (C=O) groups excluding carboxylic acids is 2. The lowest BCUT2D eigenvalue weighted by molar-refractivity contribution is -0.122. The van der Waals surface area contributed by atoms with Crippen molar-refractivity contribution < 1.29 is 18.7 Å². The average molecular weight is 429 g/mol. The molecular formula is C22H21ClN2O5. The van der Waals surface area contributed by atoms with Crippen LogP contribution in [0.5, 0.6) is 5.75 Å². The summed E-state index contributed by atoms with van der Waals surface area (Å²) < 4.78 is 11.0. The van der Waals surface area contributed by atoms with E-state index in [1.807, 2.05) is 6.92 Å². The number of anilines is 2. The fraction of sp³-hybridized carbons (Fsp3) is 0.227. The second-order valence-corrected chi connectivity index (χ2v) is 7.16. The SMILES string of the molecule is CCc1cc(=O)oc2cc(OC(C)C(=O)Nc3cc(Cl)ccc3NC(C)=O)ccc12. The van der Waals surface area contributed by atoms with Gasteiger partial charge in [-0.2, -0.15) is 0 Å². The molecule has 0 spiro atoms. The molecule has 1 unspecified atom stereocenters. The largest absolute Gasteiger partial charge is 0.481 e. The highest BCUT2D eigenvalue weighted by Crippen LogP contribution is 2.27. The molecule has 1 aromatic heterocycles. The minimum Gasteiger partial charge on any atom is -0.481 e. The number of fused-ring (bicyclic) bond motifs is 1. The average Bonchev–Trinajstić information content (AvgIpc) is 2.68. The number of carbonyl (C=O) groups is 2. The molecule has 8 heteroatoms. The molecular weight excluding hydrogens is 408 g/mol. The third-order valence-corrected chi connectivity index (χ3v) is 4.65. The molecule has 3 aromatic rings. The first kappa shape index (κ1) is 21.4. The Kier molecular flexibility index (Phi) is 6.42. The van der Waals surface area contributed by atoms with Crippen molar-refractivity contribution in [3.63, 3.8) is 0 Å². The first-order valence-corrected chi connectivity index (χ1v) is 9.76. The van der Waals surface area contributed by atoms with Gasteiger partial charge in [-0.05, 0) is 49.2 Å². The van der Waals surface area contributed by atoms with Crippen LogP contribution in [0.2, 0.25) is 5.02 Å². The van der Waals surface area contributed by atoms with Crippen LogP contribution in [-0.2, 0) is 16.0 Å². The lowest BCUT2D eigenvalue weighted by Crippen LogP contribution is -2.30. The fourth-order valence-corrected chi connectivity index (χ4v) is 3.16. The number of amides is 2. The Hall–Kier alpha value is -3.32. The van der Waals surface area contributed by atoms with Crippen molar-refractivity contribution in [2.45, 2.75) is 33.3 Å². The van der Waals surface area contributed by atoms with Gasteiger partial charge < -0.3 is 19.8 Å². The predicted molar refractivity (Wildman–Crippen MR) is 116 cm³/mol. The van der Waals surface area contributed by atoms with Crippen LogP contribution in [0, 0.1) is 0 Å². The normalized spacial score (nSPS) is 11.7. The lowest BCUT2D eigenvalue weighted by Gasteiger charge is -2.17. The van der Waals surface area contributed by atoms with Crippen molar-refractivity contribution in [3.05, 3.63) is 63.5 Å². The molecule has 1 heterocycles. The van der Waals surface area contributed by atoms with E-state index in [9.17, 15) is 14.4 Å². The Bertz CT molecular complexity index is 1170. The van der Waals surface area contributed by atoms with Crippen LogP contribution in [0.25, 0.3) is 11.0 Å². The van der Waals surface area contributed by atoms with Gasteiger partial charge in [0.05, 0.1) is 11.4 Å². The van der Waals surface area contributed by atoms with Crippen molar-refractivity contribution in [1.29, 1.82) is 0 Å². The maximum Gasteiger partial charge on any atom is 0.336 e. The van der Waals surface area contributed by atoms with E-state index in [1.54, 1.807) is 37.3 Å². The number of benzene rings is 2. The van der Waals surface area contributed by atoms with Gasteiger partial charge in [-0.25, -0.2) is 4.79 Å². The lowest BCUT2D eigenvalue weighted by atomic mass is 10.1. The first-order valence-electron chi connectivity index (χ1n) is 9.38. The standard InChI is InChI=1S/C22H21ClN2O5/c1-4-14-9-21(27)30-20-11-16(6-7-17(14)20)29-12(2)22(28)25-19-10-15(23)5-8-18(19)24-13(3)26/h5-12H,4H2,1-3H3,(H,24,26)(H,25,28). The van der Waals surface area contributed by atoms with E-state index >= 15 is 0 Å². The second-order valence-electron chi connectivity index (χ2n) is 6.72. The first-order chi connectivity index (χ1) is 14.3. The topological polar surface area (TPSA) is 97.6 Å². The molecule has 0 aliphatic carbocycles. The van der Waals surface area contributed by atoms with Crippen LogP contribution in [0.4, 0.5) is 11.4 Å². The molecule has 0 fully saturated rings. The smallest absolute Gasteiger partial charge is 0.336 e. The third-order valence-electron chi connectivity index (χ3n) is 4.41. The maximum atomic E-state index is 12.6. The monoisotopic (exact) mass is 428 g/mol. The summed E-state index contributed by atoms with van der Waals surface area (Å²) in [5.74, 6) is -0.330. The van der Waals surface area contributed by atoms with E-state index < -0.39 is 17.6 Å².